The van der Waals surface area contributed by atoms with Crippen LogP contribution >= 0.6 is 0 Å². The molecule has 0 atom stereocenters. The summed E-state index contributed by atoms with van der Waals surface area (Å²) in [6, 6.07) is 3.48. The van der Waals surface area contributed by atoms with Gasteiger partial charge in [0.1, 0.15) is 6.54 Å². The van der Waals surface area contributed by atoms with Crippen molar-refractivity contribution in [3.8, 4) is 0 Å². The van der Waals surface area contributed by atoms with Gasteiger partial charge in [-0.25, -0.2) is 0 Å². The molecule has 16 heavy (non-hydrogen) atoms. The van der Waals surface area contributed by atoms with Crippen LogP contribution in [0, 0.1) is 0 Å². The Morgan fingerprint density at radius 2 is 2.19 bits per heavy atom. The number of amides is 1. The molecule has 1 aliphatic rings. The van der Waals surface area contributed by atoms with E-state index >= 15 is 0 Å². The van der Waals surface area contributed by atoms with E-state index in [2.05, 4.69) is 5.32 Å². The number of hydrogen-bond donors (Lipinski definition) is 1. The lowest BCUT2D eigenvalue weighted by atomic mass is 10.3. The van der Waals surface area contributed by atoms with Crippen LogP contribution in [0.2, 0.25) is 0 Å². The Morgan fingerprint density at radius 1 is 1.44 bits per heavy atom. The molecule has 0 saturated carbocycles. The Balaban J connectivity index is 1.98. The van der Waals surface area contributed by atoms with E-state index in [0.29, 0.717) is 5.69 Å². The number of aldehydes is 1. The van der Waals surface area contributed by atoms with E-state index in [9.17, 15) is 9.59 Å². The molecule has 1 aromatic heterocycles. The number of carbonyl (C=O) groups excluding carboxylic acids is 2. The first-order chi connectivity index (χ1) is 7.81. The van der Waals surface area contributed by atoms with Gasteiger partial charge in [-0.1, -0.05) is 0 Å². The van der Waals surface area contributed by atoms with Crippen molar-refractivity contribution in [3.05, 3.63) is 24.0 Å². The van der Waals surface area contributed by atoms with E-state index in [1.807, 2.05) is 4.90 Å². The van der Waals surface area contributed by atoms with E-state index in [0.717, 1.165) is 32.5 Å². The fourth-order valence-corrected chi connectivity index (χ4v) is 1.84. The zero-order valence-electron chi connectivity index (χ0n) is 9.06. The highest BCUT2D eigenvalue weighted by Gasteiger charge is 2.16. The lowest BCUT2D eigenvalue weighted by molar-refractivity contribution is -0.132. The Morgan fingerprint density at radius 3 is 2.88 bits per heavy atom. The minimum Gasteiger partial charge on any atom is -0.339 e. The highest BCUT2D eigenvalue weighted by molar-refractivity contribution is 5.78. The maximum atomic E-state index is 11.9. The topological polar surface area (TPSA) is 54.3 Å². The fraction of sp³-hybridized carbons (Fsp3) is 0.455. The van der Waals surface area contributed by atoms with Gasteiger partial charge in [0.2, 0.25) is 5.91 Å². The Bertz CT molecular complexity index is 380. The van der Waals surface area contributed by atoms with Crippen LogP contribution in [0.5, 0.6) is 0 Å². The normalized spacial score (nSPS) is 16.1. The molecule has 0 radical (unpaired) electrons. The Kier molecular flexibility index (Phi) is 3.36. The van der Waals surface area contributed by atoms with Crippen molar-refractivity contribution in [1.82, 2.24) is 14.8 Å². The van der Waals surface area contributed by atoms with Crippen LogP contribution in [0.3, 0.4) is 0 Å². The van der Waals surface area contributed by atoms with E-state index in [1.165, 1.54) is 0 Å². The van der Waals surface area contributed by atoms with Gasteiger partial charge in [-0.05, 0) is 12.1 Å². The van der Waals surface area contributed by atoms with Crippen LogP contribution in [0.1, 0.15) is 10.5 Å². The van der Waals surface area contributed by atoms with Crippen LogP contribution < -0.4 is 5.32 Å². The van der Waals surface area contributed by atoms with Gasteiger partial charge in [0, 0.05) is 32.4 Å². The standard InChI is InChI=1S/C11H15N3O2/c15-9-10-2-1-5-14(10)8-11(16)13-6-3-12-4-7-13/h1-2,5,9,12H,3-4,6-8H2. The molecule has 5 nitrogen and oxygen atoms in total. The van der Waals surface area contributed by atoms with Crippen LogP contribution in [0.25, 0.3) is 0 Å². The molecule has 2 rings (SSSR count). The number of nitrogens with zero attached hydrogens (tertiary/aromatic N) is 2. The second-order valence-corrected chi connectivity index (χ2v) is 3.81. The van der Waals surface area contributed by atoms with Gasteiger partial charge >= 0.3 is 0 Å². The monoisotopic (exact) mass is 221 g/mol. The summed E-state index contributed by atoms with van der Waals surface area (Å²) >= 11 is 0. The first-order valence-electron chi connectivity index (χ1n) is 5.40. The largest absolute Gasteiger partial charge is 0.339 e. The van der Waals surface area contributed by atoms with E-state index in [1.54, 1.807) is 22.9 Å². The van der Waals surface area contributed by atoms with Gasteiger partial charge in [0.05, 0.1) is 5.69 Å². The van der Waals surface area contributed by atoms with Crippen molar-refractivity contribution in [2.45, 2.75) is 6.54 Å². The number of carbonyl (C=O) groups is 2. The highest BCUT2D eigenvalue weighted by Crippen LogP contribution is 2.02. The zero-order valence-corrected chi connectivity index (χ0v) is 9.06. The van der Waals surface area contributed by atoms with E-state index in [-0.39, 0.29) is 12.5 Å². The number of aromatic nitrogens is 1. The predicted molar refractivity (Wildman–Crippen MR) is 59.3 cm³/mol. The molecule has 5 heteroatoms. The highest BCUT2D eigenvalue weighted by atomic mass is 16.2. The van der Waals surface area contributed by atoms with Gasteiger partial charge in [0.25, 0.3) is 0 Å². The van der Waals surface area contributed by atoms with Gasteiger partial charge in [-0.3, -0.25) is 9.59 Å². The molecular weight excluding hydrogens is 206 g/mol. The summed E-state index contributed by atoms with van der Waals surface area (Å²) in [5.74, 6) is 0.0702. The van der Waals surface area contributed by atoms with Crippen LogP contribution in [0.4, 0.5) is 0 Å². The first kappa shape index (κ1) is 10.9. The first-order valence-corrected chi connectivity index (χ1v) is 5.40. The molecule has 0 aliphatic carbocycles. The summed E-state index contributed by atoms with van der Waals surface area (Å²) in [5, 5.41) is 3.19. The van der Waals surface area contributed by atoms with Crippen molar-refractivity contribution in [1.29, 1.82) is 0 Å². The number of piperazine rings is 1. The van der Waals surface area contributed by atoms with Crippen molar-refractivity contribution in [3.63, 3.8) is 0 Å². The molecule has 0 unspecified atom stereocenters. The molecule has 1 N–H and O–H groups in total. The van der Waals surface area contributed by atoms with Crippen LogP contribution in [-0.4, -0.2) is 47.8 Å². The summed E-state index contributed by atoms with van der Waals surface area (Å²) < 4.78 is 1.68. The molecule has 1 fully saturated rings. The summed E-state index contributed by atoms with van der Waals surface area (Å²) in [5.41, 5.74) is 0.545. The molecule has 2 heterocycles. The molecule has 0 bridgehead atoms. The molecular formula is C11H15N3O2. The minimum atomic E-state index is 0.0702. The van der Waals surface area contributed by atoms with E-state index < -0.39 is 0 Å². The Hall–Kier alpha value is -1.62. The summed E-state index contributed by atoms with van der Waals surface area (Å²) in [7, 11) is 0. The maximum Gasteiger partial charge on any atom is 0.242 e. The fourth-order valence-electron chi connectivity index (χ4n) is 1.84. The third kappa shape index (κ3) is 2.30. The van der Waals surface area contributed by atoms with Crippen LogP contribution in [0.15, 0.2) is 18.3 Å². The molecule has 1 saturated heterocycles. The molecule has 1 amide bonds. The molecule has 1 aromatic rings. The number of rotatable bonds is 3. The van der Waals surface area contributed by atoms with Crippen molar-refractivity contribution < 1.29 is 9.59 Å². The van der Waals surface area contributed by atoms with Gasteiger partial charge in [-0.2, -0.15) is 0 Å². The summed E-state index contributed by atoms with van der Waals surface area (Å²) in [4.78, 5) is 24.4. The SMILES string of the molecule is O=Cc1cccn1CC(=O)N1CCNCC1. The Labute approximate surface area is 94.0 Å². The van der Waals surface area contributed by atoms with Crippen molar-refractivity contribution >= 4 is 12.2 Å². The summed E-state index contributed by atoms with van der Waals surface area (Å²) in [6.07, 6.45) is 2.52. The second kappa shape index (κ2) is 4.94. The quantitative estimate of drug-likeness (QED) is 0.715. The molecule has 86 valence electrons. The third-order valence-electron chi connectivity index (χ3n) is 2.76. The summed E-state index contributed by atoms with van der Waals surface area (Å²) in [6.45, 7) is 3.43. The van der Waals surface area contributed by atoms with Gasteiger partial charge < -0.3 is 14.8 Å². The molecule has 0 aromatic carbocycles. The predicted octanol–water partition coefficient (Wildman–Crippen LogP) is -0.268. The molecule has 0 spiro atoms. The minimum absolute atomic E-state index is 0.0702. The maximum absolute atomic E-state index is 11.9. The lowest BCUT2D eigenvalue weighted by Crippen LogP contribution is -2.47. The number of hydrogen-bond acceptors (Lipinski definition) is 3. The molecule has 1 aliphatic heterocycles. The van der Waals surface area contributed by atoms with Gasteiger partial charge in [0.15, 0.2) is 6.29 Å². The average molecular weight is 221 g/mol. The second-order valence-electron chi connectivity index (χ2n) is 3.81. The smallest absolute Gasteiger partial charge is 0.242 e. The van der Waals surface area contributed by atoms with Gasteiger partial charge in [-0.15, -0.1) is 0 Å². The van der Waals surface area contributed by atoms with E-state index in [4.69, 9.17) is 0 Å². The zero-order chi connectivity index (χ0) is 11.4. The number of nitrogens with one attached hydrogen (secondary N) is 1. The van der Waals surface area contributed by atoms with Crippen molar-refractivity contribution in [2.75, 3.05) is 26.2 Å². The van der Waals surface area contributed by atoms with Crippen molar-refractivity contribution in [2.24, 2.45) is 0 Å². The third-order valence-corrected chi connectivity index (χ3v) is 2.76. The van der Waals surface area contributed by atoms with Crippen LogP contribution in [-0.2, 0) is 11.3 Å². The lowest BCUT2D eigenvalue weighted by Gasteiger charge is -2.27. The average Bonchev–Trinajstić information content (AvgIpc) is 2.77.